The lowest BCUT2D eigenvalue weighted by Crippen LogP contribution is -2.25. The lowest BCUT2D eigenvalue weighted by Gasteiger charge is -2.23. The molecule has 0 spiro atoms. The van der Waals surface area contributed by atoms with E-state index in [0.29, 0.717) is 5.41 Å². The quantitative estimate of drug-likeness (QED) is 0.386. The van der Waals surface area contributed by atoms with Gasteiger partial charge in [0.05, 0.1) is 0 Å². The highest BCUT2D eigenvalue weighted by atomic mass is 16.4. The molecule has 3 N–H and O–H groups in total. The van der Waals surface area contributed by atoms with Crippen LogP contribution in [-0.2, 0) is 6.54 Å². The number of likely N-dealkylation sites (tertiary alicyclic amines) is 1. The first-order valence-electron chi connectivity index (χ1n) is 7.29. The Morgan fingerprint density at radius 3 is 2.60 bits per heavy atom. The van der Waals surface area contributed by atoms with Gasteiger partial charge >= 0.3 is 0 Å². The number of rotatable bonds is 3. The molecule has 4 heteroatoms. The summed E-state index contributed by atoms with van der Waals surface area (Å²) in [6.45, 7) is 8.04. The Hall–Kier alpha value is -1.55. The van der Waals surface area contributed by atoms with Gasteiger partial charge in [-0.2, -0.15) is 0 Å². The summed E-state index contributed by atoms with van der Waals surface area (Å²) in [5.74, 6) is 0.160. The smallest absolute Gasteiger partial charge is 0.170 e. The minimum Gasteiger partial charge on any atom is -0.409 e. The Labute approximate surface area is 121 Å². The maximum Gasteiger partial charge on any atom is 0.170 e. The molecular formula is C16H25N3O. The highest BCUT2D eigenvalue weighted by molar-refractivity contribution is 5.96. The molecular weight excluding hydrogens is 250 g/mol. The van der Waals surface area contributed by atoms with Crippen LogP contribution in [0.5, 0.6) is 0 Å². The highest BCUT2D eigenvalue weighted by Gasteiger charge is 2.22. The molecule has 110 valence electrons. The summed E-state index contributed by atoms with van der Waals surface area (Å²) in [4.78, 5) is 2.52. The fraction of sp³-hybridized carbons (Fsp3) is 0.562. The van der Waals surface area contributed by atoms with E-state index < -0.39 is 0 Å². The van der Waals surface area contributed by atoms with Gasteiger partial charge in [-0.05, 0) is 43.3 Å². The molecule has 0 saturated carbocycles. The standard InChI is InChI=1S/C16H25N3O/c1-16(2)8-3-10-19(11-9-16)12-13-4-6-14(7-5-13)15(17)18-20/h4-7,20H,3,8-12H2,1-2H3,(H2,17,18). The summed E-state index contributed by atoms with van der Waals surface area (Å²) in [5, 5.41) is 11.7. The second-order valence-corrected chi connectivity index (χ2v) is 6.48. The molecule has 1 heterocycles. The molecule has 1 aromatic rings. The van der Waals surface area contributed by atoms with Crippen LogP contribution in [0.3, 0.4) is 0 Å². The van der Waals surface area contributed by atoms with Crippen molar-refractivity contribution in [2.75, 3.05) is 13.1 Å². The predicted octanol–water partition coefficient (Wildman–Crippen LogP) is 2.79. The van der Waals surface area contributed by atoms with E-state index in [9.17, 15) is 0 Å². The van der Waals surface area contributed by atoms with E-state index in [4.69, 9.17) is 10.9 Å². The minimum absolute atomic E-state index is 0.160. The van der Waals surface area contributed by atoms with Crippen molar-refractivity contribution < 1.29 is 5.21 Å². The summed E-state index contributed by atoms with van der Waals surface area (Å²) in [6, 6.07) is 7.94. The molecule has 0 radical (unpaired) electrons. The summed E-state index contributed by atoms with van der Waals surface area (Å²) < 4.78 is 0. The van der Waals surface area contributed by atoms with Crippen LogP contribution in [0.25, 0.3) is 0 Å². The van der Waals surface area contributed by atoms with Crippen molar-refractivity contribution in [2.45, 2.75) is 39.7 Å². The van der Waals surface area contributed by atoms with Crippen molar-refractivity contribution in [1.82, 2.24) is 4.90 Å². The fourth-order valence-corrected chi connectivity index (χ4v) is 2.73. The first-order valence-corrected chi connectivity index (χ1v) is 7.29. The van der Waals surface area contributed by atoms with E-state index in [2.05, 4.69) is 36.0 Å². The largest absolute Gasteiger partial charge is 0.409 e. The number of benzene rings is 1. The third-order valence-corrected chi connectivity index (χ3v) is 4.20. The molecule has 4 nitrogen and oxygen atoms in total. The van der Waals surface area contributed by atoms with Gasteiger partial charge in [-0.3, -0.25) is 4.90 Å². The summed E-state index contributed by atoms with van der Waals surface area (Å²) in [5.41, 5.74) is 8.08. The lowest BCUT2D eigenvalue weighted by atomic mass is 9.85. The average Bonchev–Trinajstić information content (AvgIpc) is 2.60. The molecule has 1 saturated heterocycles. The number of nitrogens with zero attached hydrogens (tertiary/aromatic N) is 2. The topological polar surface area (TPSA) is 61.8 Å². The number of amidine groups is 1. The zero-order valence-corrected chi connectivity index (χ0v) is 12.5. The van der Waals surface area contributed by atoms with Gasteiger partial charge in [0.25, 0.3) is 0 Å². The Morgan fingerprint density at radius 2 is 1.95 bits per heavy atom. The van der Waals surface area contributed by atoms with Crippen LogP contribution in [0.4, 0.5) is 0 Å². The van der Waals surface area contributed by atoms with Crippen molar-refractivity contribution in [3.8, 4) is 0 Å². The van der Waals surface area contributed by atoms with Gasteiger partial charge in [0.1, 0.15) is 0 Å². The van der Waals surface area contributed by atoms with Crippen LogP contribution in [0.1, 0.15) is 44.2 Å². The molecule has 0 bridgehead atoms. The molecule has 20 heavy (non-hydrogen) atoms. The Bertz CT molecular complexity index is 465. The Kier molecular flexibility index (Phi) is 4.65. The number of hydrogen-bond acceptors (Lipinski definition) is 3. The summed E-state index contributed by atoms with van der Waals surface area (Å²) in [6.07, 6.45) is 3.84. The van der Waals surface area contributed by atoms with Crippen LogP contribution in [0.15, 0.2) is 29.4 Å². The second kappa shape index (κ2) is 6.27. The van der Waals surface area contributed by atoms with Gasteiger partial charge in [-0.1, -0.05) is 43.3 Å². The highest BCUT2D eigenvalue weighted by Crippen LogP contribution is 2.30. The van der Waals surface area contributed by atoms with E-state index in [1.807, 2.05) is 12.1 Å². The van der Waals surface area contributed by atoms with Crippen LogP contribution in [-0.4, -0.2) is 29.0 Å². The van der Waals surface area contributed by atoms with E-state index in [0.717, 1.165) is 18.7 Å². The summed E-state index contributed by atoms with van der Waals surface area (Å²) in [7, 11) is 0. The zero-order valence-electron chi connectivity index (χ0n) is 12.5. The predicted molar refractivity (Wildman–Crippen MR) is 81.9 cm³/mol. The molecule has 0 atom stereocenters. The number of hydrogen-bond donors (Lipinski definition) is 2. The van der Waals surface area contributed by atoms with Crippen molar-refractivity contribution in [1.29, 1.82) is 0 Å². The van der Waals surface area contributed by atoms with Gasteiger partial charge < -0.3 is 10.9 Å². The Morgan fingerprint density at radius 1 is 1.25 bits per heavy atom. The maximum atomic E-state index is 8.65. The number of oxime groups is 1. The number of nitrogens with two attached hydrogens (primary N) is 1. The van der Waals surface area contributed by atoms with E-state index in [-0.39, 0.29) is 5.84 Å². The lowest BCUT2D eigenvalue weighted by molar-refractivity contribution is 0.256. The van der Waals surface area contributed by atoms with Crippen molar-refractivity contribution in [2.24, 2.45) is 16.3 Å². The first-order chi connectivity index (χ1) is 9.50. The van der Waals surface area contributed by atoms with Gasteiger partial charge in [0.2, 0.25) is 0 Å². The first kappa shape index (κ1) is 14.9. The zero-order chi connectivity index (χ0) is 14.6. The van der Waals surface area contributed by atoms with E-state index in [1.54, 1.807) is 0 Å². The normalized spacial score (nSPS) is 20.6. The van der Waals surface area contributed by atoms with Crippen LogP contribution in [0, 0.1) is 5.41 Å². The van der Waals surface area contributed by atoms with Gasteiger partial charge in [-0.25, -0.2) is 0 Å². The minimum atomic E-state index is 0.160. The van der Waals surface area contributed by atoms with Crippen molar-refractivity contribution in [3.05, 3.63) is 35.4 Å². The van der Waals surface area contributed by atoms with Crippen LogP contribution < -0.4 is 5.73 Å². The Balaban J connectivity index is 1.96. The monoisotopic (exact) mass is 275 g/mol. The second-order valence-electron chi connectivity index (χ2n) is 6.48. The fourth-order valence-electron chi connectivity index (χ4n) is 2.73. The molecule has 0 unspecified atom stereocenters. The van der Waals surface area contributed by atoms with Gasteiger partial charge in [0.15, 0.2) is 5.84 Å². The summed E-state index contributed by atoms with van der Waals surface area (Å²) >= 11 is 0. The molecule has 1 fully saturated rings. The van der Waals surface area contributed by atoms with Crippen molar-refractivity contribution in [3.63, 3.8) is 0 Å². The third-order valence-electron chi connectivity index (χ3n) is 4.20. The third kappa shape index (κ3) is 3.97. The van der Waals surface area contributed by atoms with Crippen LogP contribution in [0.2, 0.25) is 0 Å². The average molecular weight is 275 g/mol. The van der Waals surface area contributed by atoms with Crippen LogP contribution >= 0.6 is 0 Å². The SMILES string of the molecule is CC1(C)CCCN(Cc2ccc(C(N)=NO)cc2)CC1. The molecule has 2 rings (SSSR count). The molecule has 1 aromatic carbocycles. The molecule has 1 aliphatic heterocycles. The van der Waals surface area contributed by atoms with Gasteiger partial charge in [-0.15, -0.1) is 0 Å². The van der Waals surface area contributed by atoms with E-state index in [1.165, 1.54) is 31.4 Å². The maximum absolute atomic E-state index is 8.65. The molecule has 0 amide bonds. The molecule has 1 aliphatic rings. The molecule has 0 aromatic heterocycles. The van der Waals surface area contributed by atoms with Crippen molar-refractivity contribution >= 4 is 5.84 Å². The van der Waals surface area contributed by atoms with Gasteiger partial charge in [0, 0.05) is 12.1 Å². The van der Waals surface area contributed by atoms with E-state index >= 15 is 0 Å². The molecule has 0 aliphatic carbocycles.